The Balaban J connectivity index is 2.24. The standard InChI is InChI=1S/C14H19N3S/c1-4-17(12-7-5-11(2)6-8-12)14-16-10-13(18-14)9-15-3/h5-8,10,15H,4,9H2,1-3H3. The SMILES string of the molecule is CCN(c1ccc(C)cc1)c1ncc(CNC)s1. The van der Waals surface area contributed by atoms with Gasteiger partial charge in [-0.2, -0.15) is 0 Å². The van der Waals surface area contributed by atoms with Crippen molar-refractivity contribution in [2.24, 2.45) is 0 Å². The third-order valence-corrected chi connectivity index (χ3v) is 3.81. The molecule has 0 saturated carbocycles. The van der Waals surface area contributed by atoms with Crippen LogP contribution in [0.15, 0.2) is 30.5 Å². The molecule has 0 radical (unpaired) electrons. The molecule has 4 heteroatoms. The summed E-state index contributed by atoms with van der Waals surface area (Å²) in [5.74, 6) is 0. The number of rotatable bonds is 5. The van der Waals surface area contributed by atoms with Crippen LogP contribution in [-0.4, -0.2) is 18.6 Å². The summed E-state index contributed by atoms with van der Waals surface area (Å²) >= 11 is 1.74. The maximum Gasteiger partial charge on any atom is 0.190 e. The summed E-state index contributed by atoms with van der Waals surface area (Å²) in [5.41, 5.74) is 2.48. The third kappa shape index (κ3) is 2.89. The van der Waals surface area contributed by atoms with E-state index in [4.69, 9.17) is 0 Å². The Bertz CT molecular complexity index is 490. The van der Waals surface area contributed by atoms with Gasteiger partial charge in [0, 0.05) is 29.9 Å². The minimum Gasteiger partial charge on any atom is -0.318 e. The van der Waals surface area contributed by atoms with Gasteiger partial charge < -0.3 is 10.2 Å². The van der Waals surface area contributed by atoms with Crippen LogP contribution in [0.5, 0.6) is 0 Å². The maximum atomic E-state index is 4.51. The molecule has 0 fully saturated rings. The fraction of sp³-hybridized carbons (Fsp3) is 0.357. The average molecular weight is 261 g/mol. The Kier molecular flexibility index (Phi) is 4.33. The molecule has 0 amide bonds. The van der Waals surface area contributed by atoms with Crippen LogP contribution in [0.2, 0.25) is 0 Å². The Morgan fingerprint density at radius 3 is 2.61 bits per heavy atom. The van der Waals surface area contributed by atoms with Crippen molar-refractivity contribution in [3.05, 3.63) is 40.9 Å². The smallest absolute Gasteiger partial charge is 0.190 e. The summed E-state index contributed by atoms with van der Waals surface area (Å²) in [4.78, 5) is 8.01. The van der Waals surface area contributed by atoms with Crippen molar-refractivity contribution in [3.63, 3.8) is 0 Å². The lowest BCUT2D eigenvalue weighted by Gasteiger charge is -2.19. The molecule has 1 aromatic carbocycles. The molecule has 0 unspecified atom stereocenters. The van der Waals surface area contributed by atoms with Gasteiger partial charge in [-0.15, -0.1) is 11.3 Å². The number of anilines is 2. The molecule has 0 spiro atoms. The Morgan fingerprint density at radius 1 is 1.28 bits per heavy atom. The van der Waals surface area contributed by atoms with Crippen LogP contribution in [-0.2, 0) is 6.54 Å². The van der Waals surface area contributed by atoms with Crippen molar-refractivity contribution in [3.8, 4) is 0 Å². The normalized spacial score (nSPS) is 10.6. The summed E-state index contributed by atoms with van der Waals surface area (Å²) in [5, 5.41) is 4.22. The van der Waals surface area contributed by atoms with E-state index in [2.05, 4.69) is 53.3 Å². The molecule has 1 N–H and O–H groups in total. The van der Waals surface area contributed by atoms with Crippen LogP contribution in [0.1, 0.15) is 17.4 Å². The number of aryl methyl sites for hydroxylation is 1. The summed E-state index contributed by atoms with van der Waals surface area (Å²) in [6.45, 7) is 6.06. The van der Waals surface area contributed by atoms with Gasteiger partial charge in [0.05, 0.1) is 0 Å². The summed E-state index contributed by atoms with van der Waals surface area (Å²) in [6, 6.07) is 8.58. The molecule has 0 aliphatic carbocycles. The molecule has 0 aliphatic heterocycles. The first-order valence-electron chi connectivity index (χ1n) is 6.18. The Labute approximate surface area is 112 Å². The highest BCUT2D eigenvalue weighted by atomic mass is 32.1. The molecule has 2 rings (SSSR count). The lowest BCUT2D eigenvalue weighted by Crippen LogP contribution is -2.15. The quantitative estimate of drug-likeness (QED) is 0.895. The Morgan fingerprint density at radius 2 is 2.00 bits per heavy atom. The summed E-state index contributed by atoms with van der Waals surface area (Å²) in [7, 11) is 1.96. The summed E-state index contributed by atoms with van der Waals surface area (Å²) < 4.78 is 0. The third-order valence-electron chi connectivity index (χ3n) is 2.79. The zero-order valence-electron chi connectivity index (χ0n) is 11.1. The van der Waals surface area contributed by atoms with Gasteiger partial charge in [0.2, 0.25) is 0 Å². The molecular formula is C14H19N3S. The van der Waals surface area contributed by atoms with Crippen molar-refractivity contribution >= 4 is 22.2 Å². The second-order valence-corrected chi connectivity index (χ2v) is 5.31. The van der Waals surface area contributed by atoms with Gasteiger partial charge in [-0.3, -0.25) is 0 Å². The lowest BCUT2D eigenvalue weighted by molar-refractivity contribution is 0.829. The van der Waals surface area contributed by atoms with Gasteiger partial charge in [-0.05, 0) is 33.0 Å². The summed E-state index contributed by atoms with van der Waals surface area (Å²) in [6.07, 6.45) is 1.95. The number of benzene rings is 1. The van der Waals surface area contributed by atoms with E-state index >= 15 is 0 Å². The van der Waals surface area contributed by atoms with E-state index in [-0.39, 0.29) is 0 Å². The fourth-order valence-electron chi connectivity index (χ4n) is 1.83. The van der Waals surface area contributed by atoms with E-state index in [9.17, 15) is 0 Å². The topological polar surface area (TPSA) is 28.2 Å². The van der Waals surface area contributed by atoms with Gasteiger partial charge in [0.1, 0.15) is 0 Å². The van der Waals surface area contributed by atoms with Crippen molar-refractivity contribution in [2.75, 3.05) is 18.5 Å². The minimum atomic E-state index is 0.878. The lowest BCUT2D eigenvalue weighted by atomic mass is 10.2. The van der Waals surface area contributed by atoms with Gasteiger partial charge >= 0.3 is 0 Å². The van der Waals surface area contributed by atoms with E-state index in [1.54, 1.807) is 11.3 Å². The predicted molar refractivity (Wildman–Crippen MR) is 78.7 cm³/mol. The molecule has 2 aromatic rings. The first kappa shape index (κ1) is 13.1. The number of hydrogen-bond acceptors (Lipinski definition) is 4. The molecule has 0 bridgehead atoms. The predicted octanol–water partition coefficient (Wildman–Crippen LogP) is 3.33. The van der Waals surface area contributed by atoms with Crippen LogP contribution in [0.4, 0.5) is 10.8 Å². The van der Waals surface area contributed by atoms with Crippen LogP contribution in [0.3, 0.4) is 0 Å². The average Bonchev–Trinajstić information content (AvgIpc) is 2.82. The maximum absolute atomic E-state index is 4.51. The highest BCUT2D eigenvalue weighted by Crippen LogP contribution is 2.29. The number of nitrogens with zero attached hydrogens (tertiary/aromatic N) is 2. The molecule has 18 heavy (non-hydrogen) atoms. The van der Waals surface area contributed by atoms with Crippen LogP contribution in [0, 0.1) is 6.92 Å². The highest BCUT2D eigenvalue weighted by Gasteiger charge is 2.11. The van der Waals surface area contributed by atoms with E-state index in [1.165, 1.54) is 16.1 Å². The molecular weight excluding hydrogens is 242 g/mol. The van der Waals surface area contributed by atoms with E-state index in [0.717, 1.165) is 18.2 Å². The van der Waals surface area contributed by atoms with E-state index in [1.807, 2.05) is 13.2 Å². The monoisotopic (exact) mass is 261 g/mol. The molecule has 1 heterocycles. The minimum absolute atomic E-state index is 0.878. The number of thiazole rings is 1. The highest BCUT2D eigenvalue weighted by molar-refractivity contribution is 7.15. The second kappa shape index (κ2) is 5.98. The first-order valence-corrected chi connectivity index (χ1v) is 6.99. The molecule has 96 valence electrons. The fourth-order valence-corrected chi connectivity index (χ4v) is 2.84. The van der Waals surface area contributed by atoms with Gasteiger partial charge in [-0.25, -0.2) is 4.98 Å². The van der Waals surface area contributed by atoms with E-state index in [0.29, 0.717) is 0 Å². The van der Waals surface area contributed by atoms with Crippen molar-refractivity contribution in [1.29, 1.82) is 0 Å². The van der Waals surface area contributed by atoms with E-state index < -0.39 is 0 Å². The zero-order chi connectivity index (χ0) is 13.0. The van der Waals surface area contributed by atoms with Crippen LogP contribution < -0.4 is 10.2 Å². The van der Waals surface area contributed by atoms with Gasteiger partial charge in [0.15, 0.2) is 5.13 Å². The van der Waals surface area contributed by atoms with Crippen molar-refractivity contribution in [2.45, 2.75) is 20.4 Å². The molecule has 0 aliphatic rings. The first-order chi connectivity index (χ1) is 8.74. The van der Waals surface area contributed by atoms with Crippen molar-refractivity contribution < 1.29 is 0 Å². The van der Waals surface area contributed by atoms with Crippen LogP contribution in [0.25, 0.3) is 0 Å². The molecule has 0 saturated heterocycles. The Hall–Kier alpha value is -1.39. The molecule has 1 aromatic heterocycles. The van der Waals surface area contributed by atoms with Gasteiger partial charge in [-0.1, -0.05) is 17.7 Å². The second-order valence-electron chi connectivity index (χ2n) is 4.22. The van der Waals surface area contributed by atoms with Crippen molar-refractivity contribution in [1.82, 2.24) is 10.3 Å². The number of hydrogen-bond donors (Lipinski definition) is 1. The van der Waals surface area contributed by atoms with Gasteiger partial charge in [0.25, 0.3) is 0 Å². The number of nitrogens with one attached hydrogen (secondary N) is 1. The zero-order valence-corrected chi connectivity index (χ0v) is 11.9. The van der Waals surface area contributed by atoms with Crippen LogP contribution >= 0.6 is 11.3 Å². The number of aromatic nitrogens is 1. The largest absolute Gasteiger partial charge is 0.318 e. The molecule has 3 nitrogen and oxygen atoms in total. The molecule has 0 atom stereocenters.